The Balaban J connectivity index is 0.000000614. The van der Waals surface area contributed by atoms with E-state index in [0.717, 1.165) is 52.2 Å². The Bertz CT molecular complexity index is 918. The number of aromatic nitrogens is 2. The van der Waals surface area contributed by atoms with E-state index < -0.39 is 0 Å². The molecule has 1 aliphatic rings. The molecule has 1 aliphatic heterocycles. The van der Waals surface area contributed by atoms with E-state index >= 15 is 0 Å². The number of hydrogen-bond acceptors (Lipinski definition) is 2. The second-order valence-electron chi connectivity index (χ2n) is 5.68. The number of allylic oxidation sites excluding steroid dienone is 1. The van der Waals surface area contributed by atoms with Gasteiger partial charge in [0.1, 0.15) is 0 Å². The van der Waals surface area contributed by atoms with Gasteiger partial charge in [0.05, 0.1) is 5.71 Å². The lowest BCUT2D eigenvalue weighted by Gasteiger charge is -2.16. The van der Waals surface area contributed by atoms with Crippen molar-refractivity contribution in [2.24, 2.45) is 4.99 Å². The number of benzene rings is 1. The quantitative estimate of drug-likeness (QED) is 0.249. The predicted molar refractivity (Wildman–Crippen MR) is 136 cm³/mol. The first-order valence-electron chi connectivity index (χ1n) is 8.49. The molecule has 0 fully saturated rings. The number of hydrogen-bond donors (Lipinski definition) is 1. The van der Waals surface area contributed by atoms with Crippen LogP contribution < -0.4 is 0 Å². The minimum atomic E-state index is 0.751. The topological polar surface area (TPSA) is 41.0 Å². The Morgan fingerprint density at radius 2 is 1.96 bits per heavy atom. The molecule has 0 saturated heterocycles. The molecule has 1 N–H and O–H groups in total. The molecule has 0 bridgehead atoms. The van der Waals surface area contributed by atoms with Crippen LogP contribution in [0.3, 0.4) is 0 Å². The van der Waals surface area contributed by atoms with Gasteiger partial charge in [0.15, 0.2) is 0 Å². The van der Waals surface area contributed by atoms with Crippen molar-refractivity contribution in [1.82, 2.24) is 9.97 Å². The maximum Gasteiger partial charge on any atom is 0.0694 e. The lowest BCUT2D eigenvalue weighted by molar-refractivity contribution is 0.818. The number of pyridine rings is 1. The third-order valence-corrected chi connectivity index (χ3v) is 4.35. The molecule has 0 radical (unpaired) electrons. The van der Waals surface area contributed by atoms with Crippen LogP contribution in [0, 0.1) is 0 Å². The van der Waals surface area contributed by atoms with Gasteiger partial charge in [0.2, 0.25) is 0 Å². The van der Waals surface area contributed by atoms with E-state index in [4.69, 9.17) is 16.6 Å². The number of nitrogens with zero attached hydrogens (tertiary/aromatic N) is 2. The van der Waals surface area contributed by atoms with Gasteiger partial charge in [-0.1, -0.05) is 56.8 Å². The highest BCUT2D eigenvalue weighted by Gasteiger charge is 2.15. The summed E-state index contributed by atoms with van der Waals surface area (Å²) >= 11 is 10.4. The number of halogens is 3. The lowest BCUT2D eigenvalue weighted by atomic mass is 9.95. The molecule has 0 amide bonds. The Kier molecular flexibility index (Phi) is 9.78. The zero-order valence-corrected chi connectivity index (χ0v) is 20.4. The fourth-order valence-electron chi connectivity index (χ4n) is 3.02. The molecule has 3 aromatic rings. The lowest BCUT2D eigenvalue weighted by Crippen LogP contribution is -2.11. The highest BCUT2D eigenvalue weighted by Crippen LogP contribution is 2.27. The third-order valence-electron chi connectivity index (χ3n) is 4.12. The minimum absolute atomic E-state index is 0.751. The zero-order chi connectivity index (χ0) is 19.6. The molecule has 0 unspecified atom stereocenters. The Hall–Kier alpha value is -0.930. The van der Waals surface area contributed by atoms with Crippen molar-refractivity contribution in [3.8, 4) is 0 Å². The summed E-state index contributed by atoms with van der Waals surface area (Å²) in [5.41, 5.74) is 5.63. The largest absolute Gasteiger partial charge is 0.361 e. The molecule has 3 heterocycles. The van der Waals surface area contributed by atoms with Crippen LogP contribution in [-0.4, -0.2) is 32.1 Å². The molecule has 1 aromatic carbocycles. The van der Waals surface area contributed by atoms with E-state index in [-0.39, 0.29) is 0 Å². The number of fused-ring (bicyclic) bond motifs is 1. The number of H-pyrrole nitrogens is 1. The van der Waals surface area contributed by atoms with Crippen LogP contribution in [0.15, 0.2) is 59.5 Å². The fourth-order valence-corrected chi connectivity index (χ4v) is 3.19. The molecule has 0 atom stereocenters. The van der Waals surface area contributed by atoms with Crippen molar-refractivity contribution < 1.29 is 0 Å². The Morgan fingerprint density at radius 1 is 1.15 bits per heavy atom. The molecular formula is C21H22ClI2N3. The molecule has 2 aromatic heterocycles. The molecule has 142 valence electrons. The van der Waals surface area contributed by atoms with Gasteiger partial charge in [-0.25, -0.2) is 0 Å². The molecule has 0 saturated carbocycles. The normalized spacial score (nSPS) is 14.7. The van der Waals surface area contributed by atoms with Crippen molar-refractivity contribution in [1.29, 1.82) is 0 Å². The van der Waals surface area contributed by atoms with Gasteiger partial charge in [0.25, 0.3) is 0 Å². The van der Waals surface area contributed by atoms with Gasteiger partial charge in [-0.05, 0) is 64.7 Å². The molecule has 3 nitrogen and oxygen atoms in total. The summed E-state index contributed by atoms with van der Waals surface area (Å²) in [6, 6.07) is 9.94. The first-order valence-corrected chi connectivity index (χ1v) is 13.2. The maximum absolute atomic E-state index is 6.15. The van der Waals surface area contributed by atoms with Crippen LogP contribution in [-0.2, 0) is 0 Å². The summed E-state index contributed by atoms with van der Waals surface area (Å²) in [6.45, 7) is 0.876. The number of rotatable bonds is 2. The Labute approximate surface area is 193 Å². The predicted octanol–water partition coefficient (Wildman–Crippen LogP) is 6.99. The number of nitrogens with one attached hydrogen (secondary N) is 1. The standard InChI is InChI=1S/C19H16ClN3.2CH3I/c20-16-5-6-18-17(10-16)15(12-23-18)9-13-3-2-8-22-19(13)14-4-1-7-21-11-14;2*1-2/h1,4-7,9-12,23H,2-3,8H2;2*1H3/b13-9+;;. The molecular weight excluding hydrogens is 584 g/mol. The van der Waals surface area contributed by atoms with Gasteiger partial charge in [-0.15, -0.1) is 0 Å². The van der Waals surface area contributed by atoms with Gasteiger partial charge < -0.3 is 4.98 Å². The van der Waals surface area contributed by atoms with E-state index in [1.54, 1.807) is 6.20 Å². The summed E-state index contributed by atoms with van der Waals surface area (Å²) < 4.78 is 0. The molecule has 0 aliphatic carbocycles. The summed E-state index contributed by atoms with van der Waals surface area (Å²) in [5.74, 6) is 0. The van der Waals surface area contributed by atoms with Crippen LogP contribution in [0.1, 0.15) is 24.0 Å². The van der Waals surface area contributed by atoms with Crippen LogP contribution in [0.25, 0.3) is 17.0 Å². The van der Waals surface area contributed by atoms with Crippen LogP contribution in [0.4, 0.5) is 0 Å². The number of aliphatic imine (C=N–C) groups is 1. The molecule has 27 heavy (non-hydrogen) atoms. The zero-order valence-electron chi connectivity index (χ0n) is 15.3. The van der Waals surface area contributed by atoms with Crippen molar-refractivity contribution in [2.45, 2.75) is 12.8 Å². The first kappa shape index (κ1) is 22.4. The van der Waals surface area contributed by atoms with Gasteiger partial charge >= 0.3 is 0 Å². The third kappa shape index (κ3) is 5.77. The highest BCUT2D eigenvalue weighted by molar-refractivity contribution is 14.1. The van der Waals surface area contributed by atoms with Crippen molar-refractivity contribution in [2.75, 3.05) is 16.4 Å². The van der Waals surface area contributed by atoms with Gasteiger partial charge in [0, 0.05) is 52.2 Å². The molecule has 4 rings (SSSR count). The molecule has 6 heteroatoms. The summed E-state index contributed by atoms with van der Waals surface area (Å²) in [5, 5.41) is 1.89. The van der Waals surface area contributed by atoms with E-state index in [0.29, 0.717) is 0 Å². The van der Waals surface area contributed by atoms with E-state index in [1.807, 2.05) is 46.5 Å². The first-order chi connectivity index (χ1) is 13.3. The SMILES string of the molecule is CI.CI.Clc1ccc2[nH]cc(/C=C3\CCCN=C3c3cccnc3)c2c1. The summed E-state index contributed by atoms with van der Waals surface area (Å²) in [7, 11) is 0. The van der Waals surface area contributed by atoms with Crippen LogP contribution >= 0.6 is 56.8 Å². The van der Waals surface area contributed by atoms with Crippen LogP contribution in [0.5, 0.6) is 0 Å². The van der Waals surface area contributed by atoms with E-state index in [1.165, 1.54) is 5.57 Å². The average molecular weight is 606 g/mol. The van der Waals surface area contributed by atoms with Crippen molar-refractivity contribution in [3.63, 3.8) is 0 Å². The van der Waals surface area contributed by atoms with E-state index in [2.05, 4.69) is 67.3 Å². The van der Waals surface area contributed by atoms with E-state index in [9.17, 15) is 0 Å². The Morgan fingerprint density at radius 3 is 2.70 bits per heavy atom. The minimum Gasteiger partial charge on any atom is -0.361 e. The number of alkyl halides is 2. The second-order valence-corrected chi connectivity index (χ2v) is 6.12. The monoisotopic (exact) mass is 605 g/mol. The summed E-state index contributed by atoms with van der Waals surface area (Å²) in [4.78, 5) is 16.2. The van der Waals surface area contributed by atoms with Crippen molar-refractivity contribution >= 4 is 79.5 Å². The van der Waals surface area contributed by atoms with Crippen molar-refractivity contribution in [3.05, 3.63) is 70.6 Å². The molecule has 0 spiro atoms. The average Bonchev–Trinajstić information content (AvgIpc) is 3.14. The van der Waals surface area contributed by atoms with Gasteiger partial charge in [-0.3, -0.25) is 9.98 Å². The second kappa shape index (κ2) is 11.8. The fraction of sp³-hybridized carbons (Fsp3) is 0.238. The maximum atomic E-state index is 6.15. The highest BCUT2D eigenvalue weighted by atomic mass is 127. The van der Waals surface area contributed by atoms with Crippen LogP contribution in [0.2, 0.25) is 5.02 Å². The van der Waals surface area contributed by atoms with Gasteiger partial charge in [-0.2, -0.15) is 0 Å². The summed E-state index contributed by atoms with van der Waals surface area (Å²) in [6.07, 6.45) is 10.0. The number of aromatic amines is 1. The smallest absolute Gasteiger partial charge is 0.0694 e.